The molecule has 45 heavy (non-hydrogen) atoms. The van der Waals surface area contributed by atoms with Gasteiger partial charge in [-0.2, -0.15) is 28.4 Å². The lowest BCUT2D eigenvalue weighted by atomic mass is 9.92. The van der Waals surface area contributed by atoms with Crippen molar-refractivity contribution in [2.45, 2.75) is 50.1 Å². The van der Waals surface area contributed by atoms with Crippen molar-refractivity contribution < 1.29 is 36.2 Å². The van der Waals surface area contributed by atoms with Gasteiger partial charge in [0.2, 0.25) is 0 Å². The molecule has 2 fully saturated rings. The van der Waals surface area contributed by atoms with Crippen LogP contribution in [0.5, 0.6) is 6.01 Å². The molecule has 2 saturated heterocycles. The van der Waals surface area contributed by atoms with Crippen molar-refractivity contribution in [3.8, 4) is 23.2 Å². The summed E-state index contributed by atoms with van der Waals surface area (Å²) in [6.45, 7) is 2.12. The maximum Gasteiger partial charge on any atom is 0.417 e. The number of nitrogen functional groups attached to an aromatic ring is 1. The first-order valence-corrected chi connectivity index (χ1v) is 15.0. The van der Waals surface area contributed by atoms with Gasteiger partial charge in [0.05, 0.1) is 34.0 Å². The minimum absolute atomic E-state index is 0.0228. The number of nitrogens with zero attached hydrogens (tertiary/aromatic N) is 5. The number of aliphatic hydroxyl groups is 1. The second-order valence-electron chi connectivity index (χ2n) is 11.6. The van der Waals surface area contributed by atoms with E-state index in [1.165, 1.54) is 11.9 Å². The van der Waals surface area contributed by atoms with Crippen molar-refractivity contribution in [2.24, 2.45) is 0 Å². The average molecular weight is 651 g/mol. The molecule has 2 aliphatic heterocycles. The van der Waals surface area contributed by atoms with E-state index < -0.39 is 58.8 Å². The third-order valence-electron chi connectivity index (χ3n) is 8.89. The van der Waals surface area contributed by atoms with E-state index in [-0.39, 0.29) is 63.0 Å². The number of benzene rings is 2. The number of rotatable bonds is 7. The Kier molecular flexibility index (Phi) is 7.73. The number of nitrogens with two attached hydrogens (primary N) is 1. The Morgan fingerprint density at radius 1 is 1.31 bits per heavy atom. The summed E-state index contributed by atoms with van der Waals surface area (Å²) in [6, 6.07) is 3.37. The van der Waals surface area contributed by atoms with Crippen molar-refractivity contribution in [1.29, 1.82) is 5.26 Å². The molecule has 2 aromatic heterocycles. The Morgan fingerprint density at radius 2 is 2.07 bits per heavy atom. The lowest BCUT2D eigenvalue weighted by Crippen LogP contribution is -2.43. The van der Waals surface area contributed by atoms with Gasteiger partial charge in [-0.05, 0) is 44.0 Å². The zero-order chi connectivity index (χ0) is 32.4. The van der Waals surface area contributed by atoms with Gasteiger partial charge < -0.3 is 20.5 Å². The van der Waals surface area contributed by atoms with Crippen LogP contribution >= 0.6 is 11.3 Å². The predicted molar refractivity (Wildman–Crippen MR) is 158 cm³/mol. The molecule has 6 rings (SSSR count). The Morgan fingerprint density at radius 3 is 2.76 bits per heavy atom. The highest BCUT2D eigenvalue weighted by Gasteiger charge is 2.49. The third kappa shape index (κ3) is 5.08. The number of thiophene rings is 1. The van der Waals surface area contributed by atoms with Gasteiger partial charge in [-0.25, -0.2) is 13.2 Å². The van der Waals surface area contributed by atoms with E-state index in [0.29, 0.717) is 30.4 Å². The summed E-state index contributed by atoms with van der Waals surface area (Å²) < 4.78 is 95.8. The standard InChI is InChI=1S/C30H28F6N6O2S/c1-14(12-43)41(2)27-17-8-19(30(34,35)36)22(16-4-5-20(32)25-21(16)18(10-37)26(38)45-25)23(33)24(17)39-28(40-27)44-13-29-6-3-7-42(29)11-15(31)9-29/h4-5,8,14-15,43H,3,6-7,9,11-13,38H2,1-2H3. The molecule has 2 aromatic carbocycles. The number of halogens is 6. The number of hydrogen-bond donors (Lipinski definition) is 2. The molecule has 0 spiro atoms. The van der Waals surface area contributed by atoms with Crippen LogP contribution < -0.4 is 15.4 Å². The number of aromatic nitrogens is 2. The summed E-state index contributed by atoms with van der Waals surface area (Å²) >= 11 is 0.672. The maximum atomic E-state index is 16.8. The van der Waals surface area contributed by atoms with Crippen LogP contribution in [0.3, 0.4) is 0 Å². The molecular weight excluding hydrogens is 622 g/mol. The molecule has 0 bridgehead atoms. The molecule has 15 heteroatoms. The zero-order valence-corrected chi connectivity index (χ0v) is 25.0. The monoisotopic (exact) mass is 650 g/mol. The number of alkyl halides is 4. The smallest absolute Gasteiger partial charge is 0.417 e. The number of ether oxygens (including phenoxy) is 1. The predicted octanol–water partition coefficient (Wildman–Crippen LogP) is 6.03. The topological polar surface area (TPSA) is 112 Å². The van der Waals surface area contributed by atoms with Crippen LogP contribution in [-0.4, -0.2) is 71.1 Å². The number of likely N-dealkylation sites (N-methyl/N-ethyl adjacent to an activating group) is 1. The SMILES string of the molecule is CC(CO)N(C)c1nc(OCC23CCCN2CC(F)C3)nc2c(F)c(-c3ccc(F)c4sc(N)c(C#N)c34)c(C(F)(F)F)cc12. The lowest BCUT2D eigenvalue weighted by Gasteiger charge is -2.31. The fraction of sp³-hybridized carbons (Fsp3) is 0.433. The fourth-order valence-corrected chi connectivity index (χ4v) is 7.45. The van der Waals surface area contributed by atoms with E-state index in [1.807, 2.05) is 4.90 Å². The number of nitriles is 1. The Balaban J connectivity index is 1.60. The average Bonchev–Trinajstić information content (AvgIpc) is 3.64. The van der Waals surface area contributed by atoms with Crippen molar-refractivity contribution in [3.63, 3.8) is 0 Å². The van der Waals surface area contributed by atoms with Gasteiger partial charge in [-0.1, -0.05) is 6.07 Å². The third-order valence-corrected chi connectivity index (χ3v) is 9.91. The molecule has 0 amide bonds. The van der Waals surface area contributed by atoms with Crippen LogP contribution in [0.15, 0.2) is 18.2 Å². The van der Waals surface area contributed by atoms with E-state index in [1.54, 1.807) is 13.0 Å². The Bertz CT molecular complexity index is 1860. The molecule has 4 heterocycles. The van der Waals surface area contributed by atoms with E-state index in [0.717, 1.165) is 18.6 Å². The molecule has 2 aliphatic rings. The summed E-state index contributed by atoms with van der Waals surface area (Å²) in [5.74, 6) is -2.36. The molecule has 3 unspecified atom stereocenters. The van der Waals surface area contributed by atoms with Crippen LogP contribution in [0.25, 0.3) is 32.1 Å². The molecule has 0 saturated carbocycles. The van der Waals surface area contributed by atoms with Crippen LogP contribution in [0, 0.1) is 23.0 Å². The largest absolute Gasteiger partial charge is 0.461 e. The van der Waals surface area contributed by atoms with Gasteiger partial charge in [0.1, 0.15) is 41.0 Å². The van der Waals surface area contributed by atoms with Gasteiger partial charge >= 0.3 is 12.2 Å². The Hall–Kier alpha value is -3.87. The van der Waals surface area contributed by atoms with Gasteiger partial charge in [-0.3, -0.25) is 4.90 Å². The number of anilines is 2. The highest BCUT2D eigenvalue weighted by atomic mass is 32.1. The number of hydrogen-bond acceptors (Lipinski definition) is 9. The summed E-state index contributed by atoms with van der Waals surface area (Å²) in [6.07, 6.45) is -4.43. The molecule has 8 nitrogen and oxygen atoms in total. The van der Waals surface area contributed by atoms with Gasteiger partial charge in [-0.15, -0.1) is 11.3 Å². The molecule has 238 valence electrons. The van der Waals surface area contributed by atoms with E-state index in [4.69, 9.17) is 10.5 Å². The molecule has 3 atom stereocenters. The molecule has 3 N–H and O–H groups in total. The Labute approximate surface area is 257 Å². The highest BCUT2D eigenvalue weighted by Crippen LogP contribution is 2.48. The van der Waals surface area contributed by atoms with Crippen LogP contribution in [0.1, 0.15) is 37.3 Å². The second kappa shape index (κ2) is 11.2. The van der Waals surface area contributed by atoms with Crippen molar-refractivity contribution >= 4 is 43.1 Å². The first-order chi connectivity index (χ1) is 21.3. The summed E-state index contributed by atoms with van der Waals surface area (Å²) in [5, 5.41) is 18.8. The van der Waals surface area contributed by atoms with Crippen molar-refractivity contribution in [3.05, 3.63) is 41.0 Å². The van der Waals surface area contributed by atoms with E-state index in [9.17, 15) is 32.3 Å². The first kappa shape index (κ1) is 31.1. The summed E-state index contributed by atoms with van der Waals surface area (Å²) in [7, 11) is 1.48. The first-order valence-electron chi connectivity index (χ1n) is 14.2. The van der Waals surface area contributed by atoms with Gasteiger partial charge in [0.25, 0.3) is 0 Å². The van der Waals surface area contributed by atoms with Gasteiger partial charge in [0.15, 0.2) is 5.82 Å². The maximum absolute atomic E-state index is 16.8. The van der Waals surface area contributed by atoms with E-state index in [2.05, 4.69) is 9.97 Å². The second-order valence-corrected chi connectivity index (χ2v) is 12.6. The normalized spacial score (nSPS) is 20.9. The summed E-state index contributed by atoms with van der Waals surface area (Å²) in [5.41, 5.74) is 1.75. The summed E-state index contributed by atoms with van der Waals surface area (Å²) in [4.78, 5) is 11.9. The van der Waals surface area contributed by atoms with Gasteiger partial charge in [0, 0.05) is 36.3 Å². The quantitative estimate of drug-likeness (QED) is 0.233. The van der Waals surface area contributed by atoms with Crippen molar-refractivity contribution in [1.82, 2.24) is 14.9 Å². The molecule has 4 aromatic rings. The van der Waals surface area contributed by atoms with E-state index >= 15 is 4.39 Å². The number of fused-ring (bicyclic) bond motifs is 3. The zero-order valence-electron chi connectivity index (χ0n) is 24.2. The minimum atomic E-state index is -5.11. The highest BCUT2D eigenvalue weighted by molar-refractivity contribution is 7.23. The van der Waals surface area contributed by atoms with Crippen LogP contribution in [0.4, 0.5) is 37.2 Å². The molecule has 0 radical (unpaired) electrons. The lowest BCUT2D eigenvalue weighted by molar-refractivity contribution is -0.137. The van der Waals surface area contributed by atoms with Crippen molar-refractivity contribution in [2.75, 3.05) is 44.0 Å². The molecule has 0 aliphatic carbocycles. The molecular formula is C30H28F6N6O2S. The minimum Gasteiger partial charge on any atom is -0.461 e. The number of aliphatic hydroxyl groups excluding tert-OH is 1. The van der Waals surface area contributed by atoms with Crippen LogP contribution in [0.2, 0.25) is 0 Å². The fourth-order valence-electron chi connectivity index (χ4n) is 6.50. The van der Waals surface area contributed by atoms with Crippen LogP contribution in [-0.2, 0) is 6.18 Å².